The third kappa shape index (κ3) is 6.02. The first-order valence-corrected chi connectivity index (χ1v) is 13.9. The Bertz CT molecular complexity index is 1750. The van der Waals surface area contributed by atoms with Crippen molar-refractivity contribution in [1.82, 2.24) is 19.3 Å². The highest BCUT2D eigenvalue weighted by Gasteiger charge is 2.30. The highest BCUT2D eigenvalue weighted by atomic mass is 16.2. The van der Waals surface area contributed by atoms with Crippen molar-refractivity contribution < 1.29 is 9.59 Å². The minimum Gasteiger partial charge on any atom is -0.349 e. The van der Waals surface area contributed by atoms with Gasteiger partial charge >= 0.3 is 0 Å². The molecule has 0 aliphatic rings. The summed E-state index contributed by atoms with van der Waals surface area (Å²) < 4.78 is 1.93. The summed E-state index contributed by atoms with van der Waals surface area (Å²) in [6.45, 7) is 8.14. The predicted octanol–water partition coefficient (Wildman–Crippen LogP) is 6.52. The fraction of sp³-hybridized carbons (Fsp3) is 0.235. The van der Waals surface area contributed by atoms with E-state index in [1.165, 1.54) is 0 Å². The monoisotopic (exact) mass is 560 g/mol. The smallest absolute Gasteiger partial charge is 0.258 e. The number of carbonyl (C=O) groups excluding carboxylic acids is 2. The molecule has 5 aromatic rings. The largest absolute Gasteiger partial charge is 0.349 e. The molecule has 0 aliphatic carbocycles. The number of nitrogens with zero attached hydrogens (tertiary/aromatic N) is 5. The summed E-state index contributed by atoms with van der Waals surface area (Å²) in [5.74, 6) is 0.563. The zero-order chi connectivity index (χ0) is 30.0. The van der Waals surface area contributed by atoms with Gasteiger partial charge in [0.2, 0.25) is 5.91 Å². The number of carbonyl (C=O) groups is 2. The minimum absolute atomic E-state index is 0.0353. The topological polar surface area (TPSA) is 82.8 Å². The fourth-order valence-corrected chi connectivity index (χ4v) is 4.88. The van der Waals surface area contributed by atoms with Crippen LogP contribution < -0.4 is 10.2 Å². The third-order valence-corrected chi connectivity index (χ3v) is 7.06. The second-order valence-corrected chi connectivity index (χ2v) is 11.6. The van der Waals surface area contributed by atoms with Crippen molar-refractivity contribution in [2.24, 2.45) is 0 Å². The van der Waals surface area contributed by atoms with Gasteiger partial charge in [-0.25, -0.2) is 9.97 Å². The Morgan fingerprint density at radius 1 is 0.952 bits per heavy atom. The minimum atomic E-state index is -0.469. The van der Waals surface area contributed by atoms with E-state index in [4.69, 9.17) is 4.98 Å². The summed E-state index contributed by atoms with van der Waals surface area (Å²) in [4.78, 5) is 39.0. The van der Waals surface area contributed by atoms with Crippen LogP contribution in [0.4, 0.5) is 17.2 Å². The zero-order valence-electron chi connectivity index (χ0n) is 24.9. The molecule has 0 saturated carbocycles. The SMILES string of the molecule is Cc1ccc(-c2cn3ccnc3c(Nc3cccc(CC(=O)N(C)C)c3)n2)cc1N(C(=O)c1ccccc1)C(C)(C)C. The molecule has 8 nitrogen and oxygen atoms in total. The summed E-state index contributed by atoms with van der Waals surface area (Å²) in [7, 11) is 3.51. The number of likely N-dealkylation sites (N-methyl/N-ethyl adjacent to an activating group) is 1. The number of hydrogen-bond donors (Lipinski definition) is 1. The predicted molar refractivity (Wildman–Crippen MR) is 168 cm³/mol. The molecule has 2 aromatic heterocycles. The van der Waals surface area contributed by atoms with Gasteiger partial charge in [0.15, 0.2) is 11.5 Å². The number of rotatable bonds is 7. The van der Waals surface area contributed by atoms with Crippen molar-refractivity contribution in [1.29, 1.82) is 0 Å². The number of aromatic nitrogens is 3. The molecule has 3 aromatic carbocycles. The van der Waals surface area contributed by atoms with Crippen molar-refractivity contribution in [2.75, 3.05) is 24.3 Å². The van der Waals surface area contributed by atoms with Crippen molar-refractivity contribution >= 4 is 34.7 Å². The van der Waals surface area contributed by atoms with Gasteiger partial charge in [0.25, 0.3) is 5.91 Å². The highest BCUT2D eigenvalue weighted by Crippen LogP contribution is 2.34. The molecule has 0 fully saturated rings. The number of amides is 2. The molecule has 0 radical (unpaired) electrons. The molecular weight excluding hydrogens is 524 g/mol. The van der Waals surface area contributed by atoms with Crippen LogP contribution in [0.3, 0.4) is 0 Å². The number of hydrogen-bond acceptors (Lipinski definition) is 5. The zero-order valence-corrected chi connectivity index (χ0v) is 24.9. The van der Waals surface area contributed by atoms with Crippen LogP contribution in [0.1, 0.15) is 42.3 Å². The van der Waals surface area contributed by atoms with Crippen molar-refractivity contribution in [2.45, 2.75) is 39.7 Å². The maximum Gasteiger partial charge on any atom is 0.258 e. The molecule has 42 heavy (non-hydrogen) atoms. The van der Waals surface area contributed by atoms with Crippen molar-refractivity contribution in [3.63, 3.8) is 0 Å². The summed E-state index contributed by atoms with van der Waals surface area (Å²) >= 11 is 0. The fourth-order valence-electron chi connectivity index (χ4n) is 4.88. The summed E-state index contributed by atoms with van der Waals surface area (Å²) in [6, 6.07) is 23.2. The molecule has 8 heteroatoms. The van der Waals surface area contributed by atoms with E-state index < -0.39 is 5.54 Å². The number of benzene rings is 3. The van der Waals surface area contributed by atoms with Gasteiger partial charge < -0.3 is 19.5 Å². The molecule has 214 valence electrons. The first-order chi connectivity index (χ1) is 20.0. The second kappa shape index (κ2) is 11.5. The van der Waals surface area contributed by atoms with Gasteiger partial charge in [0, 0.05) is 60.7 Å². The average molecular weight is 561 g/mol. The van der Waals surface area contributed by atoms with E-state index in [-0.39, 0.29) is 11.8 Å². The quantitative estimate of drug-likeness (QED) is 0.245. The van der Waals surface area contributed by atoms with Gasteiger partial charge in [-0.05, 0) is 69.2 Å². The van der Waals surface area contributed by atoms with Gasteiger partial charge in [0.1, 0.15) is 0 Å². The maximum absolute atomic E-state index is 13.8. The summed E-state index contributed by atoms with van der Waals surface area (Å²) in [6.07, 6.45) is 5.87. The lowest BCUT2D eigenvalue weighted by atomic mass is 9.99. The van der Waals surface area contributed by atoms with Crippen LogP contribution in [-0.2, 0) is 11.2 Å². The van der Waals surface area contributed by atoms with Gasteiger partial charge in [-0.2, -0.15) is 0 Å². The number of aryl methyl sites for hydroxylation is 1. The molecule has 0 bridgehead atoms. The number of fused-ring (bicyclic) bond motifs is 1. The molecule has 0 saturated heterocycles. The van der Waals surface area contributed by atoms with Crippen molar-refractivity contribution in [3.05, 3.63) is 108 Å². The normalized spacial score (nSPS) is 11.4. The van der Waals surface area contributed by atoms with E-state index in [0.29, 0.717) is 23.4 Å². The molecule has 5 rings (SSSR count). The van der Waals surface area contributed by atoms with Gasteiger partial charge in [-0.1, -0.05) is 42.5 Å². The molecule has 1 N–H and O–H groups in total. The first-order valence-electron chi connectivity index (χ1n) is 13.9. The van der Waals surface area contributed by atoms with Gasteiger partial charge in [-0.15, -0.1) is 0 Å². The summed E-state index contributed by atoms with van der Waals surface area (Å²) in [5.41, 5.74) is 5.97. The van der Waals surface area contributed by atoms with Crippen LogP contribution >= 0.6 is 0 Å². The van der Waals surface area contributed by atoms with Gasteiger partial charge in [0.05, 0.1) is 12.1 Å². The lowest BCUT2D eigenvalue weighted by Gasteiger charge is -2.37. The van der Waals surface area contributed by atoms with Crippen LogP contribution in [-0.4, -0.2) is 50.7 Å². The first kappa shape index (κ1) is 28.5. The molecular formula is C34H36N6O2. The van der Waals surface area contributed by atoms with Crippen LogP contribution in [0.5, 0.6) is 0 Å². The standard InChI is InChI=1S/C34H36N6O2/c1-23-15-16-26(21-29(23)40(34(2,3)4)33(42)25-12-8-7-9-13-25)28-22-39-18-17-35-32(39)31(37-28)36-27-14-10-11-24(19-27)20-30(41)38(5)6/h7-19,21-22H,20H2,1-6H3,(H,36,37). The van der Waals surface area contributed by atoms with E-state index in [1.54, 1.807) is 25.2 Å². The average Bonchev–Trinajstić information content (AvgIpc) is 3.43. The Hall–Kier alpha value is -4.98. The van der Waals surface area contributed by atoms with E-state index in [0.717, 1.165) is 33.8 Å². The Kier molecular flexibility index (Phi) is 7.81. The second-order valence-electron chi connectivity index (χ2n) is 11.6. The maximum atomic E-state index is 13.8. The van der Waals surface area contributed by atoms with E-state index in [2.05, 4.69) is 10.3 Å². The molecule has 2 heterocycles. The molecule has 0 unspecified atom stereocenters. The van der Waals surface area contributed by atoms with Crippen LogP contribution in [0.25, 0.3) is 16.9 Å². The Balaban J connectivity index is 1.54. The summed E-state index contributed by atoms with van der Waals surface area (Å²) in [5, 5.41) is 3.41. The van der Waals surface area contributed by atoms with Crippen LogP contribution in [0.2, 0.25) is 0 Å². The number of nitrogens with one attached hydrogen (secondary N) is 1. The Labute approximate surface area is 246 Å². The van der Waals surface area contributed by atoms with Crippen LogP contribution in [0, 0.1) is 6.92 Å². The lowest BCUT2D eigenvalue weighted by Crippen LogP contribution is -2.46. The lowest BCUT2D eigenvalue weighted by molar-refractivity contribution is -0.127. The van der Waals surface area contributed by atoms with Crippen molar-refractivity contribution in [3.8, 4) is 11.3 Å². The Morgan fingerprint density at radius 2 is 1.71 bits per heavy atom. The Morgan fingerprint density at radius 3 is 2.43 bits per heavy atom. The molecule has 0 atom stereocenters. The molecule has 0 aliphatic heterocycles. The van der Waals surface area contributed by atoms with E-state index >= 15 is 0 Å². The molecule has 2 amide bonds. The third-order valence-electron chi connectivity index (χ3n) is 7.06. The van der Waals surface area contributed by atoms with Crippen LogP contribution in [0.15, 0.2) is 91.4 Å². The van der Waals surface area contributed by atoms with E-state index in [9.17, 15) is 9.59 Å². The highest BCUT2D eigenvalue weighted by molar-refractivity contribution is 6.07. The van der Waals surface area contributed by atoms with Gasteiger partial charge in [-0.3, -0.25) is 9.59 Å². The number of imidazole rings is 1. The van der Waals surface area contributed by atoms with E-state index in [1.807, 2.05) is 122 Å². The number of anilines is 3. The molecule has 0 spiro atoms.